The molecule has 0 aliphatic rings. The molecular weight excluding hydrogens is 276 g/mol. The van der Waals surface area contributed by atoms with E-state index in [1.807, 2.05) is 23.0 Å². The Morgan fingerprint density at radius 3 is 2.64 bits per heavy atom. The minimum atomic E-state index is 0.356. The molecule has 22 heavy (non-hydrogen) atoms. The fourth-order valence-corrected chi connectivity index (χ4v) is 2.31. The zero-order valence-electron chi connectivity index (χ0n) is 12.8. The van der Waals surface area contributed by atoms with Crippen LogP contribution in [0.5, 0.6) is 0 Å². The van der Waals surface area contributed by atoms with Crippen molar-refractivity contribution in [1.29, 1.82) is 0 Å². The van der Waals surface area contributed by atoms with E-state index < -0.39 is 0 Å². The summed E-state index contributed by atoms with van der Waals surface area (Å²) in [5.74, 6) is 0. The van der Waals surface area contributed by atoms with Crippen molar-refractivity contribution in [3.63, 3.8) is 0 Å². The molecule has 1 aromatic carbocycles. The number of aryl methyl sites for hydroxylation is 1. The smallest absolute Gasteiger partial charge is 0.138 e. The summed E-state index contributed by atoms with van der Waals surface area (Å²) in [6.07, 6.45) is 7.18. The van der Waals surface area contributed by atoms with E-state index >= 15 is 0 Å². The lowest BCUT2D eigenvalue weighted by molar-refractivity contribution is 0.450. The lowest BCUT2D eigenvalue weighted by Gasteiger charge is -2.14. The third-order valence-corrected chi connectivity index (χ3v) is 3.50. The van der Waals surface area contributed by atoms with Gasteiger partial charge < -0.3 is 5.32 Å². The van der Waals surface area contributed by atoms with Crippen molar-refractivity contribution in [1.82, 2.24) is 29.9 Å². The summed E-state index contributed by atoms with van der Waals surface area (Å²) in [5, 5.41) is 11.9. The summed E-state index contributed by atoms with van der Waals surface area (Å²) in [6.45, 7) is 5.92. The first-order valence-electron chi connectivity index (χ1n) is 7.37. The molecule has 0 spiro atoms. The van der Waals surface area contributed by atoms with E-state index in [4.69, 9.17) is 0 Å². The van der Waals surface area contributed by atoms with Gasteiger partial charge in [0.1, 0.15) is 12.7 Å². The first-order valence-corrected chi connectivity index (χ1v) is 7.37. The second-order valence-corrected chi connectivity index (χ2v) is 5.53. The molecule has 114 valence electrons. The summed E-state index contributed by atoms with van der Waals surface area (Å²) < 4.78 is 3.72. The van der Waals surface area contributed by atoms with Crippen LogP contribution >= 0.6 is 0 Å². The SMILES string of the molecule is Cc1cnn(C[C@@H](C)NCc2ccc(-n3cncn3)cc2)c1. The quantitative estimate of drug-likeness (QED) is 0.755. The van der Waals surface area contributed by atoms with Crippen molar-refractivity contribution in [3.05, 3.63) is 60.4 Å². The van der Waals surface area contributed by atoms with Crippen LogP contribution in [-0.4, -0.2) is 30.6 Å². The molecule has 0 saturated heterocycles. The van der Waals surface area contributed by atoms with Gasteiger partial charge in [0, 0.05) is 18.8 Å². The standard InChI is InChI=1S/C16H20N6/c1-13-7-19-21(9-13)10-14(2)18-8-15-3-5-16(6-4-15)22-12-17-11-20-22/h3-7,9,11-12,14,18H,8,10H2,1-2H3/t14-/m1/s1. The number of hydrogen-bond donors (Lipinski definition) is 1. The average molecular weight is 296 g/mol. The van der Waals surface area contributed by atoms with Crippen LogP contribution in [0.15, 0.2) is 49.3 Å². The van der Waals surface area contributed by atoms with Crippen LogP contribution in [0.25, 0.3) is 5.69 Å². The molecule has 1 N–H and O–H groups in total. The molecule has 6 nitrogen and oxygen atoms in total. The Morgan fingerprint density at radius 1 is 1.18 bits per heavy atom. The maximum absolute atomic E-state index is 4.31. The predicted octanol–water partition coefficient (Wildman–Crippen LogP) is 1.95. The van der Waals surface area contributed by atoms with E-state index in [0.717, 1.165) is 18.8 Å². The summed E-state index contributed by atoms with van der Waals surface area (Å²) in [5.41, 5.74) is 3.45. The molecule has 6 heteroatoms. The third-order valence-electron chi connectivity index (χ3n) is 3.50. The fourth-order valence-electron chi connectivity index (χ4n) is 2.31. The molecular formula is C16H20N6. The van der Waals surface area contributed by atoms with Crippen LogP contribution in [0.3, 0.4) is 0 Å². The van der Waals surface area contributed by atoms with Crippen LogP contribution in [-0.2, 0) is 13.1 Å². The van der Waals surface area contributed by atoms with E-state index in [-0.39, 0.29) is 0 Å². The van der Waals surface area contributed by atoms with Crippen LogP contribution in [0.1, 0.15) is 18.1 Å². The van der Waals surface area contributed by atoms with Gasteiger partial charge in [0.2, 0.25) is 0 Å². The van der Waals surface area contributed by atoms with Gasteiger partial charge in [-0.15, -0.1) is 0 Å². The van der Waals surface area contributed by atoms with E-state index in [2.05, 4.69) is 52.7 Å². The first-order chi connectivity index (χ1) is 10.7. The predicted molar refractivity (Wildman–Crippen MR) is 84.6 cm³/mol. The molecule has 3 aromatic rings. The highest BCUT2D eigenvalue weighted by molar-refractivity contribution is 5.33. The summed E-state index contributed by atoms with van der Waals surface area (Å²) >= 11 is 0. The van der Waals surface area contributed by atoms with E-state index in [1.165, 1.54) is 17.5 Å². The Kier molecular flexibility index (Phi) is 4.29. The fraction of sp³-hybridized carbons (Fsp3) is 0.312. The Bertz CT molecular complexity index is 699. The minimum Gasteiger partial charge on any atom is -0.308 e. The highest BCUT2D eigenvalue weighted by Gasteiger charge is 2.04. The Balaban J connectivity index is 1.53. The zero-order chi connectivity index (χ0) is 15.4. The molecule has 0 radical (unpaired) electrons. The van der Waals surface area contributed by atoms with Crippen LogP contribution in [0, 0.1) is 6.92 Å². The number of aromatic nitrogens is 5. The average Bonchev–Trinajstić information content (AvgIpc) is 3.18. The van der Waals surface area contributed by atoms with Crippen molar-refractivity contribution >= 4 is 0 Å². The van der Waals surface area contributed by atoms with Gasteiger partial charge >= 0.3 is 0 Å². The van der Waals surface area contributed by atoms with Gasteiger partial charge in [-0.05, 0) is 37.1 Å². The topological polar surface area (TPSA) is 60.6 Å². The summed E-state index contributed by atoms with van der Waals surface area (Å²) in [7, 11) is 0. The highest BCUT2D eigenvalue weighted by atomic mass is 15.3. The Labute approximate surface area is 129 Å². The van der Waals surface area contributed by atoms with Crippen molar-refractivity contribution in [2.75, 3.05) is 0 Å². The lowest BCUT2D eigenvalue weighted by Crippen LogP contribution is -2.30. The number of rotatable bonds is 6. The second-order valence-electron chi connectivity index (χ2n) is 5.53. The molecule has 0 unspecified atom stereocenters. The zero-order valence-corrected chi connectivity index (χ0v) is 12.8. The largest absolute Gasteiger partial charge is 0.308 e. The normalized spacial score (nSPS) is 12.5. The molecule has 1 atom stereocenters. The van der Waals surface area contributed by atoms with Crippen LogP contribution in [0.2, 0.25) is 0 Å². The Morgan fingerprint density at radius 2 is 2.00 bits per heavy atom. The van der Waals surface area contributed by atoms with Gasteiger partial charge in [-0.2, -0.15) is 10.2 Å². The molecule has 2 heterocycles. The number of nitrogens with zero attached hydrogens (tertiary/aromatic N) is 5. The van der Waals surface area contributed by atoms with E-state index in [0.29, 0.717) is 6.04 Å². The number of hydrogen-bond acceptors (Lipinski definition) is 4. The number of nitrogens with one attached hydrogen (secondary N) is 1. The van der Waals surface area contributed by atoms with Gasteiger partial charge in [-0.1, -0.05) is 12.1 Å². The second kappa shape index (κ2) is 6.53. The Hall–Kier alpha value is -2.47. The van der Waals surface area contributed by atoms with Gasteiger partial charge in [0.15, 0.2) is 0 Å². The van der Waals surface area contributed by atoms with Gasteiger partial charge in [0.05, 0.1) is 18.4 Å². The maximum Gasteiger partial charge on any atom is 0.138 e. The van der Waals surface area contributed by atoms with Crippen molar-refractivity contribution in [3.8, 4) is 5.69 Å². The van der Waals surface area contributed by atoms with Gasteiger partial charge in [-0.3, -0.25) is 4.68 Å². The monoisotopic (exact) mass is 296 g/mol. The van der Waals surface area contributed by atoms with Gasteiger partial charge in [0.25, 0.3) is 0 Å². The molecule has 0 saturated carbocycles. The first kappa shape index (κ1) is 14.5. The van der Waals surface area contributed by atoms with Crippen molar-refractivity contribution < 1.29 is 0 Å². The van der Waals surface area contributed by atoms with E-state index in [1.54, 1.807) is 11.0 Å². The van der Waals surface area contributed by atoms with E-state index in [9.17, 15) is 0 Å². The molecule has 3 rings (SSSR count). The van der Waals surface area contributed by atoms with Crippen LogP contribution < -0.4 is 5.32 Å². The molecule has 0 bridgehead atoms. The van der Waals surface area contributed by atoms with Crippen molar-refractivity contribution in [2.24, 2.45) is 0 Å². The summed E-state index contributed by atoms with van der Waals surface area (Å²) in [4.78, 5) is 3.95. The van der Waals surface area contributed by atoms with Gasteiger partial charge in [-0.25, -0.2) is 9.67 Å². The van der Waals surface area contributed by atoms with Crippen molar-refractivity contribution in [2.45, 2.75) is 33.0 Å². The molecule has 2 aromatic heterocycles. The minimum absolute atomic E-state index is 0.356. The lowest BCUT2D eigenvalue weighted by atomic mass is 10.2. The highest BCUT2D eigenvalue weighted by Crippen LogP contribution is 2.08. The maximum atomic E-state index is 4.31. The molecule has 0 amide bonds. The number of benzene rings is 1. The van der Waals surface area contributed by atoms with Crippen LogP contribution in [0.4, 0.5) is 0 Å². The molecule has 0 fully saturated rings. The third kappa shape index (κ3) is 3.59. The molecule has 0 aliphatic carbocycles. The summed E-state index contributed by atoms with van der Waals surface area (Å²) in [6, 6.07) is 8.67. The molecule has 0 aliphatic heterocycles.